The number of methoxy groups -OCH3 is 2. The van der Waals surface area contributed by atoms with Gasteiger partial charge in [-0.3, -0.25) is 4.79 Å². The number of aryl methyl sites for hydroxylation is 1. The molecular formula is C22H18Cl2N4O3. The van der Waals surface area contributed by atoms with E-state index in [0.29, 0.717) is 39.2 Å². The van der Waals surface area contributed by atoms with Gasteiger partial charge < -0.3 is 14.8 Å². The summed E-state index contributed by atoms with van der Waals surface area (Å²) < 4.78 is 11.9. The SMILES string of the molecule is COc1ccc(NC(=O)/C(C#N)=C/c2c(C)nn(-c3ccc(Cl)cc3)c2Cl)cc1OC. The van der Waals surface area contributed by atoms with Crippen LogP contribution in [0.15, 0.2) is 48.0 Å². The first-order valence-corrected chi connectivity index (χ1v) is 9.79. The van der Waals surface area contributed by atoms with Gasteiger partial charge in [0.1, 0.15) is 16.8 Å². The number of hydrogen-bond donors (Lipinski definition) is 1. The number of rotatable bonds is 6. The van der Waals surface area contributed by atoms with E-state index in [-0.39, 0.29) is 10.7 Å². The Hall–Kier alpha value is -3.47. The second-order valence-electron chi connectivity index (χ2n) is 6.37. The largest absolute Gasteiger partial charge is 0.493 e. The molecule has 1 aromatic heterocycles. The van der Waals surface area contributed by atoms with Crippen LogP contribution in [0, 0.1) is 18.3 Å². The van der Waals surface area contributed by atoms with Gasteiger partial charge in [-0.1, -0.05) is 23.2 Å². The van der Waals surface area contributed by atoms with Crippen LogP contribution >= 0.6 is 23.2 Å². The van der Waals surface area contributed by atoms with Crippen LogP contribution in [0.25, 0.3) is 11.8 Å². The van der Waals surface area contributed by atoms with Gasteiger partial charge >= 0.3 is 0 Å². The fourth-order valence-electron chi connectivity index (χ4n) is 2.83. The van der Waals surface area contributed by atoms with Crippen molar-refractivity contribution in [2.24, 2.45) is 0 Å². The minimum Gasteiger partial charge on any atom is -0.493 e. The van der Waals surface area contributed by atoms with Crippen LogP contribution in [-0.4, -0.2) is 29.9 Å². The first kappa shape index (κ1) is 22.2. The van der Waals surface area contributed by atoms with Crippen LogP contribution in [0.5, 0.6) is 11.5 Å². The van der Waals surface area contributed by atoms with Gasteiger partial charge in [0.05, 0.1) is 25.6 Å². The standard InChI is InChI=1S/C22H18Cl2N4O3/c1-13-18(21(24)28(27-13)17-7-4-15(23)5-8-17)10-14(12-25)22(29)26-16-6-9-19(30-2)20(11-16)31-3/h4-11H,1-3H3,(H,26,29)/b14-10+. The first-order chi connectivity index (χ1) is 14.9. The fraction of sp³-hybridized carbons (Fsp3) is 0.136. The summed E-state index contributed by atoms with van der Waals surface area (Å²) in [5.41, 5.74) is 2.05. The Bertz CT molecular complexity index is 1190. The number of nitrogens with zero attached hydrogens (tertiary/aromatic N) is 3. The van der Waals surface area contributed by atoms with Crippen molar-refractivity contribution in [1.29, 1.82) is 5.26 Å². The van der Waals surface area contributed by atoms with Crippen molar-refractivity contribution in [2.45, 2.75) is 6.92 Å². The Morgan fingerprint density at radius 3 is 2.42 bits per heavy atom. The van der Waals surface area contributed by atoms with E-state index in [1.165, 1.54) is 25.0 Å². The minimum atomic E-state index is -0.593. The quantitative estimate of drug-likeness (QED) is 0.413. The molecule has 158 valence electrons. The molecule has 1 heterocycles. The molecule has 3 aromatic rings. The van der Waals surface area contributed by atoms with Gasteiger partial charge in [-0.15, -0.1) is 0 Å². The molecule has 0 fully saturated rings. The molecule has 0 radical (unpaired) electrons. The lowest BCUT2D eigenvalue weighted by Gasteiger charge is -2.10. The van der Waals surface area contributed by atoms with Crippen LogP contribution in [0.3, 0.4) is 0 Å². The van der Waals surface area contributed by atoms with Crippen LogP contribution in [0.4, 0.5) is 5.69 Å². The summed E-state index contributed by atoms with van der Waals surface area (Å²) in [6.45, 7) is 1.74. The molecule has 2 aromatic carbocycles. The number of halogens is 2. The Kier molecular flexibility index (Phi) is 6.85. The van der Waals surface area contributed by atoms with Crippen molar-refractivity contribution in [2.75, 3.05) is 19.5 Å². The van der Waals surface area contributed by atoms with Crippen molar-refractivity contribution in [3.05, 3.63) is 69.5 Å². The maximum atomic E-state index is 12.7. The van der Waals surface area contributed by atoms with Crippen molar-refractivity contribution in [1.82, 2.24) is 9.78 Å². The number of anilines is 1. The van der Waals surface area contributed by atoms with Crippen LogP contribution < -0.4 is 14.8 Å². The zero-order valence-corrected chi connectivity index (χ0v) is 18.5. The van der Waals surface area contributed by atoms with E-state index in [4.69, 9.17) is 32.7 Å². The monoisotopic (exact) mass is 456 g/mol. The summed E-state index contributed by atoms with van der Waals surface area (Å²) in [4.78, 5) is 12.7. The van der Waals surface area contributed by atoms with Crippen molar-refractivity contribution in [3.8, 4) is 23.3 Å². The van der Waals surface area contributed by atoms with E-state index >= 15 is 0 Å². The second kappa shape index (κ2) is 9.56. The normalized spacial score (nSPS) is 11.0. The number of carbonyl (C=O) groups excluding carboxylic acids is 1. The molecule has 7 nitrogen and oxygen atoms in total. The van der Waals surface area contributed by atoms with Gasteiger partial charge in [-0.25, -0.2) is 4.68 Å². The summed E-state index contributed by atoms with van der Waals surface area (Å²) in [5, 5.41) is 17.5. The first-order valence-electron chi connectivity index (χ1n) is 9.04. The number of amides is 1. The highest BCUT2D eigenvalue weighted by Gasteiger charge is 2.17. The molecule has 0 atom stereocenters. The van der Waals surface area contributed by atoms with Gasteiger partial charge in [0.15, 0.2) is 11.5 Å². The molecule has 1 amide bonds. The van der Waals surface area contributed by atoms with E-state index in [9.17, 15) is 10.1 Å². The van der Waals surface area contributed by atoms with E-state index < -0.39 is 5.91 Å². The zero-order valence-electron chi connectivity index (χ0n) is 16.9. The smallest absolute Gasteiger partial charge is 0.266 e. The number of nitriles is 1. The lowest BCUT2D eigenvalue weighted by molar-refractivity contribution is -0.112. The number of nitrogens with one attached hydrogen (secondary N) is 1. The number of aromatic nitrogens is 2. The number of ether oxygens (including phenoxy) is 2. The molecule has 31 heavy (non-hydrogen) atoms. The van der Waals surface area contributed by atoms with Crippen LogP contribution in [0.2, 0.25) is 10.2 Å². The number of benzene rings is 2. The van der Waals surface area contributed by atoms with Crippen LogP contribution in [0.1, 0.15) is 11.3 Å². The van der Waals surface area contributed by atoms with Crippen LogP contribution in [-0.2, 0) is 4.79 Å². The van der Waals surface area contributed by atoms with E-state index in [1.54, 1.807) is 49.4 Å². The summed E-state index contributed by atoms with van der Waals surface area (Å²) in [5.74, 6) is 0.379. The summed E-state index contributed by atoms with van der Waals surface area (Å²) >= 11 is 12.4. The topological polar surface area (TPSA) is 89.2 Å². The minimum absolute atomic E-state index is 0.129. The predicted octanol–water partition coefficient (Wildman–Crippen LogP) is 5.05. The number of hydrogen-bond acceptors (Lipinski definition) is 5. The van der Waals surface area contributed by atoms with Gasteiger partial charge in [0.2, 0.25) is 0 Å². The Labute approximate surface area is 189 Å². The Morgan fingerprint density at radius 2 is 1.81 bits per heavy atom. The maximum absolute atomic E-state index is 12.7. The summed E-state index contributed by atoms with van der Waals surface area (Å²) in [6.07, 6.45) is 1.41. The highest BCUT2D eigenvalue weighted by molar-refractivity contribution is 6.32. The van der Waals surface area contributed by atoms with Gasteiger partial charge in [0.25, 0.3) is 5.91 Å². The number of carbonyl (C=O) groups is 1. The molecule has 0 unspecified atom stereocenters. The third-order valence-electron chi connectivity index (χ3n) is 4.41. The van der Waals surface area contributed by atoms with E-state index in [2.05, 4.69) is 10.4 Å². The van der Waals surface area contributed by atoms with Gasteiger partial charge in [-0.05, 0) is 49.4 Å². The Balaban J connectivity index is 1.90. The summed E-state index contributed by atoms with van der Waals surface area (Å²) in [6, 6.07) is 13.8. The second-order valence-corrected chi connectivity index (χ2v) is 7.17. The molecule has 0 aliphatic carbocycles. The fourth-order valence-corrected chi connectivity index (χ4v) is 3.29. The highest BCUT2D eigenvalue weighted by atomic mass is 35.5. The lowest BCUT2D eigenvalue weighted by Crippen LogP contribution is -2.13. The third kappa shape index (κ3) is 4.82. The lowest BCUT2D eigenvalue weighted by atomic mass is 10.1. The average Bonchev–Trinajstić information content (AvgIpc) is 3.05. The van der Waals surface area contributed by atoms with Crippen molar-refractivity contribution < 1.29 is 14.3 Å². The molecule has 1 N–H and O–H groups in total. The predicted molar refractivity (Wildman–Crippen MR) is 120 cm³/mol. The van der Waals surface area contributed by atoms with Gasteiger partial charge in [0, 0.05) is 22.3 Å². The molecule has 0 spiro atoms. The molecule has 0 saturated heterocycles. The third-order valence-corrected chi connectivity index (χ3v) is 5.03. The molecule has 0 bridgehead atoms. The molecular weight excluding hydrogens is 439 g/mol. The molecule has 9 heteroatoms. The molecule has 0 aliphatic heterocycles. The summed E-state index contributed by atoms with van der Waals surface area (Å²) in [7, 11) is 3.01. The maximum Gasteiger partial charge on any atom is 0.266 e. The van der Waals surface area contributed by atoms with Crippen molar-refractivity contribution in [3.63, 3.8) is 0 Å². The van der Waals surface area contributed by atoms with Gasteiger partial charge in [-0.2, -0.15) is 10.4 Å². The Morgan fingerprint density at radius 1 is 1.13 bits per heavy atom. The molecule has 0 aliphatic rings. The highest BCUT2D eigenvalue weighted by Crippen LogP contribution is 2.30. The molecule has 3 rings (SSSR count). The van der Waals surface area contributed by atoms with Crippen molar-refractivity contribution >= 4 is 40.9 Å². The average molecular weight is 457 g/mol. The van der Waals surface area contributed by atoms with E-state index in [0.717, 1.165) is 0 Å². The molecule has 0 saturated carbocycles. The zero-order chi connectivity index (χ0) is 22.5. The van der Waals surface area contributed by atoms with E-state index in [1.807, 2.05) is 6.07 Å².